The van der Waals surface area contributed by atoms with Crippen LogP contribution in [0.2, 0.25) is 0 Å². The number of hydrogen-bond donors (Lipinski definition) is 1. The van der Waals surface area contributed by atoms with Crippen LogP contribution in [-0.4, -0.2) is 11.5 Å². The van der Waals surface area contributed by atoms with Gasteiger partial charge in [-0.2, -0.15) is 0 Å². The summed E-state index contributed by atoms with van der Waals surface area (Å²) < 4.78 is 0. The molecule has 1 aromatic heterocycles. The number of nitrogens with two attached hydrogens (primary N) is 1. The summed E-state index contributed by atoms with van der Waals surface area (Å²) in [6.07, 6.45) is 5.31. The largest absolute Gasteiger partial charge is 0.330 e. The lowest BCUT2D eigenvalue weighted by molar-refractivity contribution is 0.535. The summed E-state index contributed by atoms with van der Waals surface area (Å²) in [6.45, 7) is 6.73. The molecule has 70 valence electrons. The second kappa shape index (κ2) is 3.49. The molecular formula is C10H14N2S. The smallest absolute Gasteiger partial charge is 0.127 e. The molecule has 1 heterocycles. The van der Waals surface area contributed by atoms with E-state index in [9.17, 15) is 0 Å². The van der Waals surface area contributed by atoms with E-state index in [0.717, 1.165) is 15.6 Å². The maximum absolute atomic E-state index is 5.65. The maximum Gasteiger partial charge on any atom is 0.127 e. The fraction of sp³-hybridized carbons (Fsp3) is 0.500. The lowest BCUT2D eigenvalue weighted by Gasteiger charge is -2.18. The minimum atomic E-state index is -0.0650. The van der Waals surface area contributed by atoms with Gasteiger partial charge in [0, 0.05) is 16.8 Å². The van der Waals surface area contributed by atoms with Crippen LogP contribution in [0.1, 0.15) is 29.4 Å². The summed E-state index contributed by atoms with van der Waals surface area (Å²) in [6, 6.07) is 0. The Kier molecular flexibility index (Phi) is 2.74. The minimum Gasteiger partial charge on any atom is -0.330 e. The zero-order valence-electron chi connectivity index (χ0n) is 8.22. The van der Waals surface area contributed by atoms with Gasteiger partial charge in [0.15, 0.2) is 0 Å². The predicted molar refractivity (Wildman–Crippen MR) is 56.9 cm³/mol. The highest BCUT2D eigenvalue weighted by atomic mass is 32.1. The van der Waals surface area contributed by atoms with Gasteiger partial charge in [0.25, 0.3) is 0 Å². The highest BCUT2D eigenvalue weighted by Crippen LogP contribution is 2.28. The highest BCUT2D eigenvalue weighted by Gasteiger charge is 2.23. The topological polar surface area (TPSA) is 38.9 Å². The molecule has 0 amide bonds. The van der Waals surface area contributed by atoms with Crippen LogP contribution >= 0.6 is 11.3 Å². The van der Waals surface area contributed by atoms with Gasteiger partial charge in [0.05, 0.1) is 0 Å². The highest BCUT2D eigenvalue weighted by molar-refractivity contribution is 7.11. The van der Waals surface area contributed by atoms with Gasteiger partial charge in [-0.25, -0.2) is 4.98 Å². The van der Waals surface area contributed by atoms with Crippen LogP contribution in [-0.2, 0) is 5.41 Å². The molecule has 2 nitrogen and oxygen atoms in total. The first kappa shape index (κ1) is 10.2. The molecule has 2 N–H and O–H groups in total. The summed E-state index contributed by atoms with van der Waals surface area (Å²) in [4.78, 5) is 5.47. The van der Waals surface area contributed by atoms with Crippen molar-refractivity contribution in [3.05, 3.63) is 15.6 Å². The van der Waals surface area contributed by atoms with Crippen molar-refractivity contribution < 1.29 is 0 Å². The van der Waals surface area contributed by atoms with E-state index >= 15 is 0 Å². The quantitative estimate of drug-likeness (QED) is 0.727. The average Bonchev–Trinajstić information content (AvgIpc) is 2.47. The summed E-state index contributed by atoms with van der Waals surface area (Å²) in [5.74, 6) is 2.57. The van der Waals surface area contributed by atoms with Crippen molar-refractivity contribution in [2.45, 2.75) is 26.2 Å². The molecule has 0 aliphatic carbocycles. The normalized spacial score (nSPS) is 11.3. The summed E-state index contributed by atoms with van der Waals surface area (Å²) >= 11 is 1.64. The van der Waals surface area contributed by atoms with Crippen LogP contribution in [0.15, 0.2) is 0 Å². The van der Waals surface area contributed by atoms with Gasteiger partial charge in [-0.1, -0.05) is 13.8 Å². The van der Waals surface area contributed by atoms with Gasteiger partial charge >= 0.3 is 0 Å². The molecule has 0 saturated heterocycles. The first-order valence-corrected chi connectivity index (χ1v) is 4.97. The van der Waals surface area contributed by atoms with Crippen LogP contribution in [0.5, 0.6) is 0 Å². The summed E-state index contributed by atoms with van der Waals surface area (Å²) in [7, 11) is 0. The molecule has 0 fully saturated rings. The number of aryl methyl sites for hydroxylation is 1. The van der Waals surface area contributed by atoms with E-state index in [0.29, 0.717) is 6.54 Å². The van der Waals surface area contributed by atoms with Crippen LogP contribution in [0.4, 0.5) is 0 Å². The van der Waals surface area contributed by atoms with Crippen molar-refractivity contribution >= 4 is 11.3 Å². The minimum absolute atomic E-state index is 0.0650. The molecule has 0 saturated carbocycles. The van der Waals surface area contributed by atoms with E-state index < -0.39 is 0 Å². The first-order valence-electron chi connectivity index (χ1n) is 4.16. The molecule has 1 aromatic rings. The Morgan fingerprint density at radius 2 is 2.23 bits per heavy atom. The first-order chi connectivity index (χ1) is 6.01. The molecule has 3 heteroatoms. The number of hydrogen-bond acceptors (Lipinski definition) is 3. The van der Waals surface area contributed by atoms with E-state index in [4.69, 9.17) is 12.2 Å². The molecule has 0 aliphatic heterocycles. The average molecular weight is 194 g/mol. The Morgan fingerprint density at radius 3 is 2.62 bits per heavy atom. The Hall–Kier alpha value is -0.850. The fourth-order valence-corrected chi connectivity index (χ4v) is 1.89. The van der Waals surface area contributed by atoms with Crippen molar-refractivity contribution in [2.24, 2.45) is 5.73 Å². The Morgan fingerprint density at radius 1 is 1.62 bits per heavy atom. The van der Waals surface area contributed by atoms with Crippen molar-refractivity contribution in [1.29, 1.82) is 0 Å². The monoisotopic (exact) mass is 194 g/mol. The van der Waals surface area contributed by atoms with Gasteiger partial charge in [-0.15, -0.1) is 17.8 Å². The number of nitrogens with zero attached hydrogens (tertiary/aromatic N) is 1. The van der Waals surface area contributed by atoms with E-state index in [1.165, 1.54) is 0 Å². The molecule has 0 aliphatic rings. The van der Waals surface area contributed by atoms with Gasteiger partial charge in [-0.05, 0) is 12.8 Å². The SMILES string of the molecule is C#Cc1nc(C(C)(C)CN)sc1C. The van der Waals surface area contributed by atoms with Crippen LogP contribution in [0.25, 0.3) is 0 Å². The van der Waals surface area contributed by atoms with Gasteiger partial charge in [-0.3, -0.25) is 0 Å². The van der Waals surface area contributed by atoms with Crippen LogP contribution in [0.3, 0.4) is 0 Å². The van der Waals surface area contributed by atoms with Crippen molar-refractivity contribution in [3.63, 3.8) is 0 Å². The van der Waals surface area contributed by atoms with Gasteiger partial charge < -0.3 is 5.73 Å². The van der Waals surface area contributed by atoms with Crippen molar-refractivity contribution in [2.75, 3.05) is 6.54 Å². The molecule has 0 atom stereocenters. The Bertz CT molecular complexity index is 344. The summed E-state index contributed by atoms with van der Waals surface area (Å²) in [5, 5.41) is 1.03. The molecule has 13 heavy (non-hydrogen) atoms. The third kappa shape index (κ3) is 1.90. The van der Waals surface area contributed by atoms with Crippen molar-refractivity contribution in [3.8, 4) is 12.3 Å². The number of rotatable bonds is 2. The maximum atomic E-state index is 5.65. The molecule has 0 unspecified atom stereocenters. The molecule has 0 aromatic carbocycles. The standard InChI is InChI=1S/C10H14N2S/c1-5-8-7(2)13-9(12-8)10(3,4)6-11/h1H,6,11H2,2-4H3. The molecule has 0 bridgehead atoms. The molecule has 0 radical (unpaired) electrons. The predicted octanol–water partition coefficient (Wildman–Crippen LogP) is 1.67. The zero-order valence-corrected chi connectivity index (χ0v) is 9.03. The Labute approximate surface area is 83.2 Å². The third-order valence-electron chi connectivity index (χ3n) is 2.02. The van der Waals surface area contributed by atoms with Crippen molar-refractivity contribution in [1.82, 2.24) is 4.98 Å². The number of aromatic nitrogens is 1. The van der Waals surface area contributed by atoms with E-state index in [-0.39, 0.29) is 5.41 Å². The number of terminal acetylenes is 1. The van der Waals surface area contributed by atoms with Crippen LogP contribution < -0.4 is 5.73 Å². The van der Waals surface area contributed by atoms with E-state index in [1.54, 1.807) is 11.3 Å². The van der Waals surface area contributed by atoms with E-state index in [1.807, 2.05) is 6.92 Å². The van der Waals surface area contributed by atoms with Crippen LogP contribution in [0, 0.1) is 19.3 Å². The molecular weight excluding hydrogens is 180 g/mol. The molecule has 1 rings (SSSR count). The van der Waals surface area contributed by atoms with Gasteiger partial charge in [0.1, 0.15) is 10.7 Å². The second-order valence-corrected chi connectivity index (χ2v) is 4.86. The Balaban J connectivity index is 3.12. The third-order valence-corrected chi connectivity index (χ3v) is 3.36. The zero-order chi connectivity index (χ0) is 10.1. The van der Waals surface area contributed by atoms with E-state index in [2.05, 4.69) is 24.8 Å². The van der Waals surface area contributed by atoms with Gasteiger partial charge in [0.2, 0.25) is 0 Å². The second-order valence-electron chi connectivity index (χ2n) is 3.66. The fourth-order valence-electron chi connectivity index (χ4n) is 0.907. The molecule has 0 spiro atoms. The summed E-state index contributed by atoms with van der Waals surface area (Å²) in [5.41, 5.74) is 6.34. The lowest BCUT2D eigenvalue weighted by Crippen LogP contribution is -2.27. The lowest BCUT2D eigenvalue weighted by atomic mass is 9.95. The number of thiazole rings is 1.